The van der Waals surface area contributed by atoms with Crippen molar-refractivity contribution in [2.24, 2.45) is 0 Å². The van der Waals surface area contributed by atoms with E-state index in [1.165, 1.54) is 12.3 Å². The van der Waals surface area contributed by atoms with E-state index >= 15 is 0 Å². The number of aromatic nitrogens is 2. The molecule has 2 rings (SSSR count). The van der Waals surface area contributed by atoms with Crippen LogP contribution in [0.2, 0.25) is 0 Å². The second-order valence-electron chi connectivity index (χ2n) is 4.05. The minimum absolute atomic E-state index is 0.0229. The molecule has 0 bridgehead atoms. The van der Waals surface area contributed by atoms with Crippen LogP contribution in [0.15, 0.2) is 30.6 Å². The maximum Gasteiger partial charge on any atom is 0.328 e. The number of nitrogens with zero attached hydrogens (tertiary/aromatic N) is 4. The summed E-state index contributed by atoms with van der Waals surface area (Å²) < 4.78 is 0. The number of nitro groups is 1. The molecule has 0 saturated carbocycles. The van der Waals surface area contributed by atoms with Gasteiger partial charge in [-0.3, -0.25) is 15.1 Å². The quantitative estimate of drug-likeness (QED) is 0.673. The van der Waals surface area contributed by atoms with Gasteiger partial charge in [0.05, 0.1) is 17.2 Å². The smallest absolute Gasteiger partial charge is 0.328 e. The molecule has 2 aromatic heterocycles. The van der Waals surface area contributed by atoms with Crippen molar-refractivity contribution in [3.63, 3.8) is 0 Å². The molecule has 0 unspecified atom stereocenters. The van der Waals surface area contributed by atoms with Gasteiger partial charge in [0.2, 0.25) is 5.82 Å². The monoisotopic (exact) mass is 269 g/mol. The molecule has 0 aromatic carbocycles. The summed E-state index contributed by atoms with van der Waals surface area (Å²) in [4.78, 5) is 18.5. The number of pyridine rings is 2. The lowest BCUT2D eigenvalue weighted by Crippen LogP contribution is -2.08. The molecule has 7 heteroatoms. The van der Waals surface area contributed by atoms with E-state index in [0.29, 0.717) is 6.54 Å². The standard InChI is InChI=1S/C13H11N5O2/c1-9-3-2-5-15-11(9)8-17-13-12(18(19)20)10(7-14)4-6-16-13/h2-6H,8H2,1H3,(H,16,17). The first-order chi connectivity index (χ1) is 9.63. The average molecular weight is 269 g/mol. The number of hydrogen-bond donors (Lipinski definition) is 1. The molecule has 2 aromatic rings. The van der Waals surface area contributed by atoms with Gasteiger partial charge in [-0.05, 0) is 24.6 Å². The molecule has 1 N–H and O–H groups in total. The maximum absolute atomic E-state index is 11.0. The van der Waals surface area contributed by atoms with Crippen molar-refractivity contribution in [3.8, 4) is 6.07 Å². The van der Waals surface area contributed by atoms with Gasteiger partial charge in [0.1, 0.15) is 11.6 Å². The molecule has 0 radical (unpaired) electrons. The van der Waals surface area contributed by atoms with Gasteiger partial charge in [-0.15, -0.1) is 0 Å². The fraction of sp³-hybridized carbons (Fsp3) is 0.154. The van der Waals surface area contributed by atoms with E-state index in [4.69, 9.17) is 5.26 Å². The van der Waals surface area contributed by atoms with E-state index in [-0.39, 0.29) is 17.1 Å². The van der Waals surface area contributed by atoms with E-state index < -0.39 is 4.92 Å². The summed E-state index contributed by atoms with van der Waals surface area (Å²) in [7, 11) is 0. The Balaban J connectivity index is 2.29. The Morgan fingerprint density at radius 3 is 2.85 bits per heavy atom. The molecule has 0 amide bonds. The van der Waals surface area contributed by atoms with Crippen LogP contribution in [0.1, 0.15) is 16.8 Å². The zero-order valence-electron chi connectivity index (χ0n) is 10.7. The normalized spacial score (nSPS) is 9.80. The molecule has 2 heterocycles. The van der Waals surface area contributed by atoms with Crippen molar-refractivity contribution < 1.29 is 4.92 Å². The third-order valence-electron chi connectivity index (χ3n) is 2.77. The Morgan fingerprint density at radius 2 is 2.20 bits per heavy atom. The zero-order valence-corrected chi connectivity index (χ0v) is 10.7. The van der Waals surface area contributed by atoms with E-state index in [1.54, 1.807) is 12.3 Å². The largest absolute Gasteiger partial charge is 0.359 e. The third-order valence-corrected chi connectivity index (χ3v) is 2.77. The van der Waals surface area contributed by atoms with Crippen LogP contribution in [0.3, 0.4) is 0 Å². The Hall–Kier alpha value is -3.01. The fourth-order valence-corrected chi connectivity index (χ4v) is 1.73. The highest BCUT2D eigenvalue weighted by Gasteiger charge is 2.21. The molecular formula is C13H11N5O2. The van der Waals surface area contributed by atoms with Crippen LogP contribution in [-0.2, 0) is 6.54 Å². The van der Waals surface area contributed by atoms with Gasteiger partial charge in [-0.25, -0.2) is 4.98 Å². The first-order valence-electron chi connectivity index (χ1n) is 5.81. The van der Waals surface area contributed by atoms with Gasteiger partial charge < -0.3 is 5.32 Å². The van der Waals surface area contributed by atoms with Gasteiger partial charge in [-0.2, -0.15) is 5.26 Å². The molecule has 7 nitrogen and oxygen atoms in total. The molecule has 0 atom stereocenters. The van der Waals surface area contributed by atoms with E-state index in [1.807, 2.05) is 19.1 Å². The van der Waals surface area contributed by atoms with Crippen molar-refractivity contribution in [2.45, 2.75) is 13.5 Å². The van der Waals surface area contributed by atoms with E-state index in [0.717, 1.165) is 11.3 Å². The number of nitrogens with one attached hydrogen (secondary N) is 1. The van der Waals surface area contributed by atoms with Gasteiger partial charge in [0, 0.05) is 12.4 Å². The fourth-order valence-electron chi connectivity index (χ4n) is 1.73. The third kappa shape index (κ3) is 2.70. The predicted molar refractivity (Wildman–Crippen MR) is 71.9 cm³/mol. The van der Waals surface area contributed by atoms with Crippen molar-refractivity contribution in [1.82, 2.24) is 9.97 Å². The Kier molecular flexibility index (Phi) is 3.86. The zero-order chi connectivity index (χ0) is 14.5. The molecule has 20 heavy (non-hydrogen) atoms. The van der Waals surface area contributed by atoms with Crippen LogP contribution >= 0.6 is 0 Å². The Labute approximate surface area is 115 Å². The van der Waals surface area contributed by atoms with Crippen LogP contribution in [-0.4, -0.2) is 14.9 Å². The average Bonchev–Trinajstić information content (AvgIpc) is 2.45. The first-order valence-corrected chi connectivity index (χ1v) is 5.81. The van der Waals surface area contributed by atoms with Crippen molar-refractivity contribution in [2.75, 3.05) is 5.32 Å². The molecule has 0 aliphatic carbocycles. The van der Waals surface area contributed by atoms with Gasteiger partial charge in [0.15, 0.2) is 0 Å². The summed E-state index contributed by atoms with van der Waals surface area (Å²) in [6.45, 7) is 2.20. The highest BCUT2D eigenvalue weighted by atomic mass is 16.6. The SMILES string of the molecule is Cc1cccnc1CNc1nccc(C#N)c1[N+](=O)[O-]. The lowest BCUT2D eigenvalue weighted by atomic mass is 10.2. The second kappa shape index (κ2) is 5.75. The van der Waals surface area contributed by atoms with Crippen LogP contribution in [0, 0.1) is 28.4 Å². The minimum Gasteiger partial charge on any atom is -0.359 e. The van der Waals surface area contributed by atoms with Crippen LogP contribution in [0.4, 0.5) is 11.5 Å². The summed E-state index contributed by atoms with van der Waals surface area (Å²) >= 11 is 0. The van der Waals surface area contributed by atoms with Gasteiger partial charge in [-0.1, -0.05) is 6.07 Å². The number of hydrogen-bond acceptors (Lipinski definition) is 6. The lowest BCUT2D eigenvalue weighted by Gasteiger charge is -2.08. The summed E-state index contributed by atoms with van der Waals surface area (Å²) in [6, 6.07) is 6.82. The molecule has 0 saturated heterocycles. The number of rotatable bonds is 4. The topological polar surface area (TPSA) is 105 Å². The Morgan fingerprint density at radius 1 is 1.40 bits per heavy atom. The second-order valence-corrected chi connectivity index (χ2v) is 4.05. The van der Waals surface area contributed by atoms with Crippen molar-refractivity contribution >= 4 is 11.5 Å². The van der Waals surface area contributed by atoms with Gasteiger partial charge >= 0.3 is 5.69 Å². The summed E-state index contributed by atoms with van der Waals surface area (Å²) in [5.74, 6) is 0.0686. The maximum atomic E-state index is 11.0. The van der Waals surface area contributed by atoms with E-state index in [9.17, 15) is 10.1 Å². The minimum atomic E-state index is -0.612. The molecule has 0 aliphatic rings. The predicted octanol–water partition coefficient (Wildman–Crippen LogP) is 2.18. The summed E-state index contributed by atoms with van der Waals surface area (Å²) in [5.41, 5.74) is 1.40. The molecule has 100 valence electrons. The molecule has 0 aliphatic heterocycles. The highest BCUT2D eigenvalue weighted by Crippen LogP contribution is 2.26. The summed E-state index contributed by atoms with van der Waals surface area (Å²) in [6.07, 6.45) is 3.01. The molecule has 0 fully saturated rings. The van der Waals surface area contributed by atoms with Crippen molar-refractivity contribution in [1.29, 1.82) is 5.26 Å². The lowest BCUT2D eigenvalue weighted by molar-refractivity contribution is -0.384. The van der Waals surface area contributed by atoms with Crippen LogP contribution in [0.25, 0.3) is 0 Å². The van der Waals surface area contributed by atoms with Crippen LogP contribution < -0.4 is 5.32 Å². The number of anilines is 1. The van der Waals surface area contributed by atoms with E-state index in [2.05, 4.69) is 15.3 Å². The highest BCUT2D eigenvalue weighted by molar-refractivity contribution is 5.64. The first kappa shape index (κ1) is 13.4. The van der Waals surface area contributed by atoms with Crippen LogP contribution in [0.5, 0.6) is 0 Å². The summed E-state index contributed by atoms with van der Waals surface area (Å²) in [5, 5.41) is 22.8. The van der Waals surface area contributed by atoms with Gasteiger partial charge in [0.25, 0.3) is 0 Å². The molecular weight excluding hydrogens is 258 g/mol. The number of aryl methyl sites for hydroxylation is 1. The molecule has 0 spiro atoms. The number of nitriles is 1. The Bertz CT molecular complexity index is 693. The van der Waals surface area contributed by atoms with Crippen molar-refractivity contribution in [3.05, 3.63) is 57.5 Å².